The predicted molar refractivity (Wildman–Crippen MR) is 115 cm³/mol. The van der Waals surface area contributed by atoms with E-state index in [0.29, 0.717) is 18.7 Å². The van der Waals surface area contributed by atoms with Crippen LogP contribution in [0.25, 0.3) is 21.9 Å². The maximum atomic E-state index is 12.2. The maximum absolute atomic E-state index is 12.2. The van der Waals surface area contributed by atoms with Crippen LogP contribution in [-0.2, 0) is 11.2 Å². The van der Waals surface area contributed by atoms with Crippen molar-refractivity contribution in [2.24, 2.45) is 5.92 Å². The van der Waals surface area contributed by atoms with Crippen LogP contribution in [-0.4, -0.2) is 61.9 Å². The summed E-state index contributed by atoms with van der Waals surface area (Å²) in [5, 5.41) is 2.36. The number of aromatic amines is 1. The highest BCUT2D eigenvalue weighted by molar-refractivity contribution is 5.85. The highest BCUT2D eigenvalue weighted by Crippen LogP contribution is 2.26. The van der Waals surface area contributed by atoms with Gasteiger partial charge >= 0.3 is 0 Å². The number of amides is 1. The zero-order chi connectivity index (χ0) is 20.5. The lowest BCUT2D eigenvalue weighted by molar-refractivity contribution is -0.129. The third kappa shape index (κ3) is 3.45. The Bertz CT molecular complexity index is 1200. The van der Waals surface area contributed by atoms with E-state index in [9.17, 15) is 4.79 Å². The number of hydrogen-bond acceptors (Lipinski definition) is 6. The van der Waals surface area contributed by atoms with Crippen LogP contribution in [0.3, 0.4) is 0 Å². The fourth-order valence-electron chi connectivity index (χ4n) is 4.36. The zero-order valence-corrected chi connectivity index (χ0v) is 16.8. The molecule has 1 N–H and O–H groups in total. The molecule has 30 heavy (non-hydrogen) atoms. The van der Waals surface area contributed by atoms with Gasteiger partial charge in [-0.1, -0.05) is 24.3 Å². The molecule has 1 unspecified atom stereocenters. The molecule has 8 heteroatoms. The average molecular weight is 401 g/mol. The summed E-state index contributed by atoms with van der Waals surface area (Å²) in [5.41, 5.74) is 2.69. The van der Waals surface area contributed by atoms with Crippen LogP contribution >= 0.6 is 0 Å². The number of pyridine rings is 1. The molecule has 0 saturated carbocycles. The molecule has 0 aliphatic carbocycles. The maximum Gasteiger partial charge on any atom is 0.219 e. The third-order valence-electron chi connectivity index (χ3n) is 5.80. The minimum Gasteiger partial charge on any atom is -0.353 e. The van der Waals surface area contributed by atoms with Gasteiger partial charge in [0.15, 0.2) is 11.5 Å². The number of nitrogens with one attached hydrogen (secondary N) is 1. The number of carbonyl (C=O) groups is 1. The topological polar surface area (TPSA) is 90.9 Å². The standard InChI is InChI=1S/C22H23N7O/c1-15(30)28-6-7-29(22-20-21(25-13-24-20)26-14-27-22)12-16(11-28)8-18-10-23-9-17-4-2-3-5-19(17)18/h2-5,9-10,13-14,16H,6-8,11-12H2,1H3,(H,24,25,26,27). The number of rotatable bonds is 3. The zero-order valence-electron chi connectivity index (χ0n) is 16.8. The van der Waals surface area contributed by atoms with E-state index in [4.69, 9.17) is 0 Å². The molecule has 152 valence electrons. The van der Waals surface area contributed by atoms with Crippen LogP contribution in [0.15, 0.2) is 49.3 Å². The molecule has 1 amide bonds. The van der Waals surface area contributed by atoms with Crippen molar-refractivity contribution in [1.29, 1.82) is 0 Å². The van der Waals surface area contributed by atoms with Crippen LogP contribution < -0.4 is 4.90 Å². The summed E-state index contributed by atoms with van der Waals surface area (Å²) in [6.07, 6.45) is 7.88. The fourth-order valence-corrected chi connectivity index (χ4v) is 4.36. The minimum absolute atomic E-state index is 0.104. The molecule has 5 rings (SSSR count). The molecule has 1 fully saturated rings. The summed E-state index contributed by atoms with van der Waals surface area (Å²) >= 11 is 0. The number of carbonyl (C=O) groups excluding carboxylic acids is 1. The van der Waals surface area contributed by atoms with E-state index < -0.39 is 0 Å². The molecule has 1 saturated heterocycles. The van der Waals surface area contributed by atoms with Crippen molar-refractivity contribution in [3.8, 4) is 0 Å². The number of benzene rings is 1. The van der Waals surface area contributed by atoms with E-state index in [-0.39, 0.29) is 11.8 Å². The van der Waals surface area contributed by atoms with Gasteiger partial charge in [-0.25, -0.2) is 15.0 Å². The summed E-state index contributed by atoms with van der Waals surface area (Å²) in [6, 6.07) is 8.32. The number of hydrogen-bond donors (Lipinski definition) is 1. The SMILES string of the molecule is CC(=O)N1CCN(c2ncnc3nc[nH]c23)CC(Cc2cncc3ccccc23)C1. The molecule has 1 aliphatic heterocycles. The highest BCUT2D eigenvalue weighted by Gasteiger charge is 2.27. The van der Waals surface area contributed by atoms with Crippen LogP contribution in [0.2, 0.25) is 0 Å². The van der Waals surface area contributed by atoms with Crippen molar-refractivity contribution in [1.82, 2.24) is 29.8 Å². The Kier molecular flexibility index (Phi) is 4.74. The van der Waals surface area contributed by atoms with Gasteiger partial charge in [0.25, 0.3) is 0 Å². The Hall–Kier alpha value is -3.55. The van der Waals surface area contributed by atoms with Crippen molar-refractivity contribution >= 4 is 33.7 Å². The van der Waals surface area contributed by atoms with Gasteiger partial charge in [0, 0.05) is 50.9 Å². The third-order valence-corrected chi connectivity index (χ3v) is 5.80. The van der Waals surface area contributed by atoms with Crippen LogP contribution in [0, 0.1) is 5.92 Å². The first-order valence-corrected chi connectivity index (χ1v) is 10.1. The molecule has 3 aromatic heterocycles. The van der Waals surface area contributed by atoms with E-state index in [1.54, 1.807) is 19.6 Å². The first kappa shape index (κ1) is 18.5. The first-order valence-electron chi connectivity index (χ1n) is 10.1. The lowest BCUT2D eigenvalue weighted by atomic mass is 9.96. The van der Waals surface area contributed by atoms with E-state index in [1.807, 2.05) is 23.4 Å². The second kappa shape index (κ2) is 7.70. The molecule has 1 aliphatic rings. The number of anilines is 1. The van der Waals surface area contributed by atoms with Gasteiger partial charge in [0.05, 0.1) is 6.33 Å². The average Bonchev–Trinajstić information content (AvgIpc) is 3.14. The Morgan fingerprint density at radius 3 is 2.93 bits per heavy atom. The van der Waals surface area contributed by atoms with Gasteiger partial charge in [-0.05, 0) is 23.3 Å². The van der Waals surface area contributed by atoms with Gasteiger partial charge in [-0.3, -0.25) is 9.78 Å². The summed E-state index contributed by atoms with van der Waals surface area (Å²) in [7, 11) is 0. The summed E-state index contributed by atoms with van der Waals surface area (Å²) in [6.45, 7) is 4.53. The molecule has 8 nitrogen and oxygen atoms in total. The van der Waals surface area contributed by atoms with Gasteiger partial charge in [-0.15, -0.1) is 0 Å². The quantitative estimate of drug-likeness (QED) is 0.567. The van der Waals surface area contributed by atoms with Crippen molar-refractivity contribution < 1.29 is 4.79 Å². The Labute approximate surface area is 174 Å². The molecule has 1 aromatic carbocycles. The summed E-state index contributed by atoms with van der Waals surface area (Å²) < 4.78 is 0. The fraction of sp³-hybridized carbons (Fsp3) is 0.318. The van der Waals surface area contributed by atoms with Gasteiger partial charge in [0.2, 0.25) is 5.91 Å². The Morgan fingerprint density at radius 2 is 2.03 bits per heavy atom. The number of nitrogens with zero attached hydrogens (tertiary/aromatic N) is 6. The van der Waals surface area contributed by atoms with E-state index in [0.717, 1.165) is 36.2 Å². The molecule has 0 bridgehead atoms. The number of aromatic nitrogens is 5. The molecule has 0 spiro atoms. The van der Waals surface area contributed by atoms with Gasteiger partial charge in [0.1, 0.15) is 11.8 Å². The normalized spacial score (nSPS) is 17.4. The first-order chi connectivity index (χ1) is 14.7. The predicted octanol–water partition coefficient (Wildman–Crippen LogP) is 2.43. The van der Waals surface area contributed by atoms with Gasteiger partial charge in [-0.2, -0.15) is 0 Å². The van der Waals surface area contributed by atoms with Crippen LogP contribution in [0.1, 0.15) is 12.5 Å². The minimum atomic E-state index is 0.104. The molecule has 4 heterocycles. The Balaban J connectivity index is 1.49. The largest absolute Gasteiger partial charge is 0.353 e. The van der Waals surface area contributed by atoms with Crippen molar-refractivity contribution in [2.75, 3.05) is 31.1 Å². The van der Waals surface area contributed by atoms with Crippen LogP contribution in [0.5, 0.6) is 0 Å². The van der Waals surface area contributed by atoms with Crippen LogP contribution in [0.4, 0.5) is 5.82 Å². The number of H-pyrrole nitrogens is 1. The van der Waals surface area contributed by atoms with Crippen molar-refractivity contribution in [3.05, 3.63) is 54.9 Å². The van der Waals surface area contributed by atoms with E-state index in [2.05, 4.69) is 48.0 Å². The van der Waals surface area contributed by atoms with Gasteiger partial charge < -0.3 is 14.8 Å². The van der Waals surface area contributed by atoms with Crippen molar-refractivity contribution in [3.63, 3.8) is 0 Å². The lowest BCUT2D eigenvalue weighted by Gasteiger charge is -2.25. The molecular weight excluding hydrogens is 378 g/mol. The molecular formula is C22H23N7O. The molecule has 1 atom stereocenters. The smallest absolute Gasteiger partial charge is 0.219 e. The second-order valence-electron chi connectivity index (χ2n) is 7.80. The lowest BCUT2D eigenvalue weighted by Crippen LogP contribution is -2.34. The monoisotopic (exact) mass is 401 g/mol. The highest BCUT2D eigenvalue weighted by atomic mass is 16.2. The van der Waals surface area contributed by atoms with E-state index in [1.165, 1.54) is 10.9 Å². The summed E-state index contributed by atoms with van der Waals surface area (Å²) in [5.74, 6) is 1.19. The second-order valence-corrected chi connectivity index (χ2v) is 7.80. The van der Waals surface area contributed by atoms with Crippen molar-refractivity contribution in [2.45, 2.75) is 13.3 Å². The van der Waals surface area contributed by atoms with E-state index >= 15 is 0 Å². The molecule has 0 radical (unpaired) electrons. The number of fused-ring (bicyclic) bond motifs is 2. The Morgan fingerprint density at radius 1 is 1.13 bits per heavy atom. The number of imidazole rings is 1. The summed E-state index contributed by atoms with van der Waals surface area (Å²) in [4.78, 5) is 37.0. The molecule has 4 aromatic rings.